The number of nitrogens with one attached hydrogen (secondary N) is 1. The van der Waals surface area contributed by atoms with Crippen LogP contribution in [0.4, 0.5) is 0 Å². The zero-order valence-electron chi connectivity index (χ0n) is 17.7. The van der Waals surface area contributed by atoms with Crippen molar-refractivity contribution in [3.8, 4) is 11.5 Å². The van der Waals surface area contributed by atoms with Crippen LogP contribution in [0.5, 0.6) is 11.5 Å². The maximum Gasteiger partial charge on any atom is 0.224 e. The molecule has 8 heteroatoms. The van der Waals surface area contributed by atoms with Crippen molar-refractivity contribution in [1.29, 1.82) is 0 Å². The predicted molar refractivity (Wildman–Crippen MR) is 123 cm³/mol. The molecular formula is C23H28ClN3O3S. The number of thioether (sulfide) groups is 1. The van der Waals surface area contributed by atoms with Gasteiger partial charge in [0.2, 0.25) is 5.91 Å². The molecule has 1 N–H and O–H groups in total. The smallest absolute Gasteiger partial charge is 0.224 e. The van der Waals surface area contributed by atoms with Gasteiger partial charge in [-0.2, -0.15) is 0 Å². The van der Waals surface area contributed by atoms with E-state index in [9.17, 15) is 4.79 Å². The van der Waals surface area contributed by atoms with E-state index >= 15 is 0 Å². The van der Waals surface area contributed by atoms with Crippen molar-refractivity contribution in [2.24, 2.45) is 5.92 Å². The standard InChI is InChI=1S/C23H28ClN3O3S/c1-31-23-17(4-3-9-25-23)12-21(28)26-13-16-7-10-27(11-8-16)14-18-15-29-20-6-2-5-19(24)22(20)30-18/h2-6,9,16,18H,7-8,10-15H2,1H3,(H,26,28)/t18-/m0/s1. The fourth-order valence-corrected chi connectivity index (χ4v) is 4.87. The number of pyridine rings is 1. The van der Waals surface area contributed by atoms with Crippen molar-refractivity contribution in [1.82, 2.24) is 15.2 Å². The summed E-state index contributed by atoms with van der Waals surface area (Å²) in [5.74, 6) is 1.94. The lowest BCUT2D eigenvalue weighted by Crippen LogP contribution is -2.45. The minimum absolute atomic E-state index is 0.0197. The second-order valence-corrected chi connectivity index (χ2v) is 9.22. The Bertz CT molecular complexity index is 905. The van der Waals surface area contributed by atoms with Crippen molar-refractivity contribution in [3.05, 3.63) is 47.1 Å². The van der Waals surface area contributed by atoms with Gasteiger partial charge in [0.25, 0.3) is 0 Å². The van der Waals surface area contributed by atoms with E-state index in [-0.39, 0.29) is 12.0 Å². The molecule has 1 aromatic carbocycles. The van der Waals surface area contributed by atoms with Crippen LogP contribution in [0.1, 0.15) is 18.4 Å². The number of ether oxygens (including phenoxy) is 2. The fourth-order valence-electron chi connectivity index (χ4n) is 4.09. The van der Waals surface area contributed by atoms with Crippen LogP contribution in [0.2, 0.25) is 5.02 Å². The predicted octanol–water partition coefficient (Wildman–Crippen LogP) is 3.67. The van der Waals surface area contributed by atoms with Crippen LogP contribution in [-0.2, 0) is 11.2 Å². The molecule has 1 atom stereocenters. The topological polar surface area (TPSA) is 63.7 Å². The summed E-state index contributed by atoms with van der Waals surface area (Å²) >= 11 is 7.81. The van der Waals surface area contributed by atoms with E-state index in [0.29, 0.717) is 35.5 Å². The molecule has 4 rings (SSSR count). The van der Waals surface area contributed by atoms with E-state index < -0.39 is 0 Å². The number of para-hydroxylation sites is 1. The molecule has 2 aromatic rings. The van der Waals surface area contributed by atoms with Crippen LogP contribution >= 0.6 is 23.4 Å². The Hall–Kier alpha value is -1.96. The van der Waals surface area contributed by atoms with Gasteiger partial charge in [-0.15, -0.1) is 11.8 Å². The number of amides is 1. The number of hydrogen-bond donors (Lipinski definition) is 1. The summed E-state index contributed by atoms with van der Waals surface area (Å²) in [7, 11) is 0. The van der Waals surface area contributed by atoms with Crippen molar-refractivity contribution in [2.75, 3.05) is 39.0 Å². The Labute approximate surface area is 192 Å². The number of likely N-dealkylation sites (tertiary alicyclic amines) is 1. The molecule has 1 fully saturated rings. The molecule has 0 aliphatic carbocycles. The van der Waals surface area contributed by atoms with Gasteiger partial charge in [-0.3, -0.25) is 9.69 Å². The van der Waals surface area contributed by atoms with Crippen molar-refractivity contribution >= 4 is 29.3 Å². The monoisotopic (exact) mass is 461 g/mol. The number of rotatable bonds is 7. The molecule has 0 bridgehead atoms. The molecule has 1 aromatic heterocycles. The van der Waals surface area contributed by atoms with Crippen LogP contribution in [-0.4, -0.2) is 60.9 Å². The third kappa shape index (κ3) is 5.84. The number of benzene rings is 1. The van der Waals surface area contributed by atoms with Gasteiger partial charge >= 0.3 is 0 Å². The minimum atomic E-state index is -0.0197. The summed E-state index contributed by atoms with van der Waals surface area (Å²) < 4.78 is 11.9. The van der Waals surface area contributed by atoms with E-state index in [1.54, 1.807) is 18.0 Å². The average Bonchev–Trinajstić information content (AvgIpc) is 2.79. The molecule has 0 unspecified atom stereocenters. The van der Waals surface area contributed by atoms with E-state index in [4.69, 9.17) is 21.1 Å². The number of carbonyl (C=O) groups is 1. The van der Waals surface area contributed by atoms with Gasteiger partial charge in [0, 0.05) is 19.3 Å². The van der Waals surface area contributed by atoms with E-state index in [0.717, 1.165) is 49.6 Å². The zero-order valence-corrected chi connectivity index (χ0v) is 19.3. The first kappa shape index (κ1) is 22.2. The third-order valence-electron chi connectivity index (χ3n) is 5.79. The van der Waals surface area contributed by atoms with E-state index in [1.807, 2.05) is 36.6 Å². The summed E-state index contributed by atoms with van der Waals surface area (Å²) in [4.78, 5) is 19.1. The number of hydrogen-bond acceptors (Lipinski definition) is 6. The van der Waals surface area contributed by atoms with Gasteiger partial charge in [0.1, 0.15) is 12.7 Å². The van der Waals surface area contributed by atoms with Crippen LogP contribution < -0.4 is 14.8 Å². The van der Waals surface area contributed by atoms with Crippen LogP contribution in [0, 0.1) is 5.92 Å². The van der Waals surface area contributed by atoms with Gasteiger partial charge < -0.3 is 14.8 Å². The van der Waals surface area contributed by atoms with Gasteiger partial charge in [-0.25, -0.2) is 4.98 Å². The molecular weight excluding hydrogens is 434 g/mol. The first-order valence-corrected chi connectivity index (χ1v) is 12.3. The summed E-state index contributed by atoms with van der Waals surface area (Å²) in [6.45, 7) is 4.08. The number of halogens is 1. The SMILES string of the molecule is CSc1ncccc1CC(=O)NCC1CCN(C[C@H]2COc3cccc(Cl)c3O2)CC1. The Morgan fingerprint density at radius 3 is 2.94 bits per heavy atom. The van der Waals surface area contributed by atoms with E-state index in [1.165, 1.54) is 0 Å². The largest absolute Gasteiger partial charge is 0.486 e. The molecule has 0 radical (unpaired) electrons. The van der Waals surface area contributed by atoms with Crippen molar-refractivity contribution < 1.29 is 14.3 Å². The van der Waals surface area contributed by atoms with Crippen LogP contribution in [0.15, 0.2) is 41.6 Å². The Kier molecular flexibility index (Phi) is 7.58. The highest BCUT2D eigenvalue weighted by molar-refractivity contribution is 7.98. The van der Waals surface area contributed by atoms with Crippen molar-refractivity contribution in [3.63, 3.8) is 0 Å². The molecule has 0 saturated carbocycles. The lowest BCUT2D eigenvalue weighted by Gasteiger charge is -2.35. The highest BCUT2D eigenvalue weighted by Gasteiger charge is 2.27. The number of carbonyl (C=O) groups excluding carboxylic acids is 1. The molecule has 3 heterocycles. The lowest BCUT2D eigenvalue weighted by molar-refractivity contribution is -0.120. The highest BCUT2D eigenvalue weighted by atomic mass is 35.5. The molecule has 2 aliphatic heterocycles. The quantitative estimate of drug-likeness (QED) is 0.635. The summed E-state index contributed by atoms with van der Waals surface area (Å²) in [5, 5.41) is 4.62. The molecule has 0 spiro atoms. The lowest BCUT2D eigenvalue weighted by atomic mass is 9.96. The second kappa shape index (κ2) is 10.6. The molecule has 6 nitrogen and oxygen atoms in total. The molecule has 31 heavy (non-hydrogen) atoms. The molecule has 1 amide bonds. The summed E-state index contributed by atoms with van der Waals surface area (Å²) in [5.41, 5.74) is 0.985. The summed E-state index contributed by atoms with van der Waals surface area (Å²) in [6, 6.07) is 9.42. The molecule has 2 aliphatic rings. The van der Waals surface area contributed by atoms with Gasteiger partial charge in [0.15, 0.2) is 11.5 Å². The number of piperidine rings is 1. The zero-order chi connectivity index (χ0) is 21.6. The number of nitrogens with zero attached hydrogens (tertiary/aromatic N) is 2. The van der Waals surface area contributed by atoms with Crippen molar-refractivity contribution in [2.45, 2.75) is 30.4 Å². The third-order valence-corrected chi connectivity index (χ3v) is 6.84. The maximum absolute atomic E-state index is 12.4. The van der Waals surface area contributed by atoms with Gasteiger partial charge in [-0.05, 0) is 61.9 Å². The van der Waals surface area contributed by atoms with E-state index in [2.05, 4.69) is 15.2 Å². The van der Waals surface area contributed by atoms with Gasteiger partial charge in [0.05, 0.1) is 16.5 Å². The Balaban J connectivity index is 1.18. The molecule has 166 valence electrons. The Morgan fingerprint density at radius 1 is 1.29 bits per heavy atom. The minimum Gasteiger partial charge on any atom is -0.486 e. The second-order valence-electron chi connectivity index (χ2n) is 8.01. The molecule has 1 saturated heterocycles. The Morgan fingerprint density at radius 2 is 2.13 bits per heavy atom. The van der Waals surface area contributed by atoms with Gasteiger partial charge in [-0.1, -0.05) is 23.7 Å². The summed E-state index contributed by atoms with van der Waals surface area (Å²) in [6.07, 6.45) is 6.23. The fraction of sp³-hybridized carbons (Fsp3) is 0.478. The number of aromatic nitrogens is 1. The number of fused-ring (bicyclic) bond motifs is 1. The normalized spacial score (nSPS) is 19.2. The first-order valence-electron chi connectivity index (χ1n) is 10.7. The maximum atomic E-state index is 12.4. The van der Waals surface area contributed by atoms with Crippen LogP contribution in [0.25, 0.3) is 0 Å². The highest BCUT2D eigenvalue weighted by Crippen LogP contribution is 2.38. The first-order chi connectivity index (χ1) is 15.1. The average molecular weight is 462 g/mol. The van der Waals surface area contributed by atoms with Crippen LogP contribution in [0.3, 0.4) is 0 Å².